The molecular formula is C38H53N5O3S. The molecule has 3 amide bonds. The highest BCUT2D eigenvalue weighted by Crippen LogP contribution is 2.22. The molecule has 2 heterocycles. The zero-order chi connectivity index (χ0) is 34.0. The average Bonchev–Trinajstić information content (AvgIpc) is 3.76. The van der Waals surface area contributed by atoms with Crippen LogP contribution in [0, 0.1) is 0 Å². The van der Waals surface area contributed by atoms with Crippen molar-refractivity contribution < 1.29 is 14.4 Å². The number of nitrogens with one attached hydrogen (secondary N) is 1. The molecule has 1 fully saturated rings. The lowest BCUT2D eigenvalue weighted by atomic mass is 9.90. The number of nitrogens with two attached hydrogens (primary N) is 1. The van der Waals surface area contributed by atoms with E-state index < -0.39 is 12.1 Å². The third-order valence-electron chi connectivity index (χ3n) is 10.1. The smallest absolute Gasteiger partial charge is 0.246 e. The Morgan fingerprint density at radius 2 is 1.77 bits per heavy atom. The first-order valence-electron chi connectivity index (χ1n) is 17.0. The number of likely N-dealkylation sites (N-methyl/N-ethyl adjacent to an activating group) is 2. The molecule has 4 rings (SSSR count). The third kappa shape index (κ3) is 9.75. The van der Waals surface area contributed by atoms with Crippen LogP contribution in [0.25, 0.3) is 10.8 Å². The topological polar surface area (TPSA) is 99.0 Å². The van der Waals surface area contributed by atoms with Gasteiger partial charge in [0, 0.05) is 49.9 Å². The van der Waals surface area contributed by atoms with Crippen LogP contribution in [0.2, 0.25) is 0 Å². The van der Waals surface area contributed by atoms with E-state index in [2.05, 4.69) is 43.2 Å². The number of rotatable bonds is 16. The van der Waals surface area contributed by atoms with Crippen LogP contribution >= 0.6 is 11.3 Å². The molecule has 0 saturated carbocycles. The Labute approximate surface area is 285 Å². The molecule has 3 atom stereocenters. The van der Waals surface area contributed by atoms with E-state index in [4.69, 9.17) is 5.73 Å². The molecule has 9 heteroatoms. The van der Waals surface area contributed by atoms with Gasteiger partial charge in [-0.15, -0.1) is 11.3 Å². The van der Waals surface area contributed by atoms with Gasteiger partial charge in [-0.2, -0.15) is 0 Å². The summed E-state index contributed by atoms with van der Waals surface area (Å²) >= 11 is 1.57. The van der Waals surface area contributed by atoms with Gasteiger partial charge in [0.2, 0.25) is 17.7 Å². The molecule has 1 aliphatic rings. The largest absolute Gasteiger partial charge is 0.354 e. The van der Waals surface area contributed by atoms with E-state index in [1.807, 2.05) is 53.9 Å². The molecule has 1 aliphatic heterocycles. The van der Waals surface area contributed by atoms with Crippen LogP contribution in [0.3, 0.4) is 0 Å². The maximum atomic E-state index is 14.5. The summed E-state index contributed by atoms with van der Waals surface area (Å²) in [5, 5.41) is 7.29. The molecule has 47 heavy (non-hydrogen) atoms. The maximum absolute atomic E-state index is 14.5. The molecule has 0 radical (unpaired) electrons. The zero-order valence-electron chi connectivity index (χ0n) is 28.8. The van der Waals surface area contributed by atoms with Crippen molar-refractivity contribution in [3.05, 3.63) is 82.6 Å². The van der Waals surface area contributed by atoms with Crippen molar-refractivity contribution >= 4 is 39.8 Å². The van der Waals surface area contributed by atoms with E-state index in [9.17, 15) is 14.4 Å². The maximum Gasteiger partial charge on any atom is 0.246 e. The number of thiophene rings is 1. The number of benzene rings is 2. The molecule has 8 nitrogen and oxygen atoms in total. The predicted molar refractivity (Wildman–Crippen MR) is 193 cm³/mol. The second-order valence-electron chi connectivity index (χ2n) is 13.1. The lowest BCUT2D eigenvalue weighted by molar-refractivity contribution is -0.146. The Hall–Kier alpha value is -3.53. The summed E-state index contributed by atoms with van der Waals surface area (Å²) in [5.74, 6) is -0.719. The molecule has 0 spiro atoms. The fraction of sp³-hybridized carbons (Fsp3) is 0.500. The molecule has 0 bridgehead atoms. The molecule has 3 N–H and O–H groups in total. The molecule has 1 saturated heterocycles. The number of amides is 3. The lowest BCUT2D eigenvalue weighted by Gasteiger charge is -2.34. The van der Waals surface area contributed by atoms with E-state index in [-0.39, 0.29) is 23.3 Å². The van der Waals surface area contributed by atoms with E-state index in [0.29, 0.717) is 31.8 Å². The Kier molecular flexibility index (Phi) is 13.2. The van der Waals surface area contributed by atoms with E-state index in [1.165, 1.54) is 17.4 Å². The fourth-order valence-corrected chi connectivity index (χ4v) is 7.16. The first-order chi connectivity index (χ1) is 22.5. The summed E-state index contributed by atoms with van der Waals surface area (Å²) in [6.45, 7) is 5.74. The van der Waals surface area contributed by atoms with Crippen molar-refractivity contribution in [2.24, 2.45) is 5.73 Å². The van der Waals surface area contributed by atoms with Crippen molar-refractivity contribution in [3.8, 4) is 0 Å². The summed E-state index contributed by atoms with van der Waals surface area (Å²) in [6.07, 6.45) is 9.44. The predicted octanol–water partition coefficient (Wildman–Crippen LogP) is 5.40. The highest BCUT2D eigenvalue weighted by Gasteiger charge is 2.35. The van der Waals surface area contributed by atoms with Crippen molar-refractivity contribution in [2.75, 3.05) is 34.2 Å². The molecule has 1 unspecified atom stereocenters. The van der Waals surface area contributed by atoms with Crippen LogP contribution in [0.5, 0.6) is 0 Å². The highest BCUT2D eigenvalue weighted by molar-refractivity contribution is 7.09. The number of likely N-dealkylation sites (tertiary alicyclic amines) is 1. The highest BCUT2D eigenvalue weighted by atomic mass is 32.1. The van der Waals surface area contributed by atoms with Gasteiger partial charge in [-0.1, -0.05) is 68.5 Å². The Morgan fingerprint density at radius 3 is 2.43 bits per heavy atom. The number of carbonyl (C=O) groups is 3. The quantitative estimate of drug-likeness (QED) is 0.201. The average molecular weight is 660 g/mol. The molecule has 0 aliphatic carbocycles. The summed E-state index contributed by atoms with van der Waals surface area (Å²) < 4.78 is 0. The molecule has 254 valence electrons. The van der Waals surface area contributed by atoms with Gasteiger partial charge in [0.1, 0.15) is 12.1 Å². The molecule has 3 aromatic rings. The second kappa shape index (κ2) is 17.0. The van der Waals surface area contributed by atoms with Gasteiger partial charge in [-0.3, -0.25) is 14.4 Å². The van der Waals surface area contributed by atoms with E-state index >= 15 is 0 Å². The minimum absolute atomic E-state index is 0.174. The third-order valence-corrected chi connectivity index (χ3v) is 11.0. The van der Waals surface area contributed by atoms with Crippen LogP contribution in [-0.2, 0) is 27.2 Å². The van der Waals surface area contributed by atoms with Crippen molar-refractivity contribution in [1.29, 1.82) is 0 Å². The van der Waals surface area contributed by atoms with Crippen LogP contribution in [0.1, 0.15) is 62.8 Å². The summed E-state index contributed by atoms with van der Waals surface area (Å²) in [5.41, 5.74) is 7.04. The molecule has 1 aromatic heterocycles. The Morgan fingerprint density at radius 1 is 1.02 bits per heavy atom. The summed E-state index contributed by atoms with van der Waals surface area (Å²) in [7, 11) is 5.50. The normalized spacial score (nSPS) is 16.8. The van der Waals surface area contributed by atoms with Crippen LogP contribution in [0.4, 0.5) is 0 Å². The first-order valence-corrected chi connectivity index (χ1v) is 17.9. The van der Waals surface area contributed by atoms with E-state index in [0.717, 1.165) is 53.4 Å². The Bertz CT molecular complexity index is 1500. The van der Waals surface area contributed by atoms with Crippen LogP contribution in [-0.4, -0.2) is 90.3 Å². The number of hydrogen-bond acceptors (Lipinski definition) is 6. The summed E-state index contributed by atoms with van der Waals surface area (Å²) in [6, 6.07) is 17.1. The monoisotopic (exact) mass is 659 g/mol. The van der Waals surface area contributed by atoms with Gasteiger partial charge >= 0.3 is 0 Å². The first kappa shape index (κ1) is 36.3. The number of carbonyl (C=O) groups excluding carboxylic acids is 3. The van der Waals surface area contributed by atoms with Gasteiger partial charge < -0.3 is 25.8 Å². The van der Waals surface area contributed by atoms with Gasteiger partial charge in [0.15, 0.2) is 0 Å². The van der Waals surface area contributed by atoms with Crippen LogP contribution < -0.4 is 11.1 Å². The number of fused-ring (bicyclic) bond motifs is 1. The minimum atomic E-state index is -0.816. The molecule has 2 aromatic carbocycles. The van der Waals surface area contributed by atoms with Gasteiger partial charge in [0.25, 0.3) is 0 Å². The van der Waals surface area contributed by atoms with Gasteiger partial charge in [0.05, 0.1) is 0 Å². The second-order valence-corrected chi connectivity index (χ2v) is 14.2. The summed E-state index contributed by atoms with van der Waals surface area (Å²) in [4.78, 5) is 48.3. The Balaban J connectivity index is 1.58. The lowest BCUT2D eigenvalue weighted by Crippen LogP contribution is -2.56. The zero-order valence-corrected chi connectivity index (χ0v) is 29.6. The van der Waals surface area contributed by atoms with Crippen molar-refractivity contribution in [2.45, 2.75) is 88.9 Å². The van der Waals surface area contributed by atoms with Gasteiger partial charge in [-0.05, 0) is 86.0 Å². The van der Waals surface area contributed by atoms with Gasteiger partial charge in [-0.25, -0.2) is 0 Å². The van der Waals surface area contributed by atoms with Crippen LogP contribution in [0.15, 0.2) is 72.1 Å². The number of nitrogens with zero attached hydrogens (tertiary/aromatic N) is 3. The SMILES string of the molecule is CCC(N)(CC)CC=CC(=O)N(C)[C@H](Cc1ccc2ccccc2c1)C(=O)N(C)[C@H](Cc1cccs1)C(=O)NCCC1CCCN1C. The molecular weight excluding hydrogens is 607 g/mol. The standard InChI is InChI=1S/C38H53N5O3S/c1-6-38(39,7-2)21-10-17-35(44)42(4)34(26-28-18-19-29-13-8-9-14-30(29)25-28)37(46)43(5)33(27-32-16-12-24-47-32)36(45)40-22-20-31-15-11-23-41(31)3/h8-10,12-14,16-19,24-25,31,33-34H,6-7,11,15,20-23,26-27,39H2,1-5H3,(H,40,45)/t31?,33-,34-/m1/s1. The van der Waals surface area contributed by atoms with Crippen molar-refractivity contribution in [3.63, 3.8) is 0 Å². The van der Waals surface area contributed by atoms with Crippen molar-refractivity contribution in [1.82, 2.24) is 20.0 Å². The van der Waals surface area contributed by atoms with E-state index in [1.54, 1.807) is 30.3 Å². The fourth-order valence-electron chi connectivity index (χ4n) is 6.42. The number of hydrogen-bond donors (Lipinski definition) is 2. The minimum Gasteiger partial charge on any atom is -0.354 e.